The molecule has 20 heavy (non-hydrogen) atoms. The first-order valence-electron chi connectivity index (χ1n) is 7.13. The van der Waals surface area contributed by atoms with Crippen LogP contribution in [0.15, 0.2) is 17.6 Å². The number of anilines is 1. The molecular formula is C14H18N4S2. The average Bonchev–Trinajstić information content (AvgIpc) is 3.16. The van der Waals surface area contributed by atoms with Gasteiger partial charge in [0.05, 0.1) is 0 Å². The molecule has 0 N–H and O–H groups in total. The number of fused-ring (bicyclic) bond motifs is 1. The van der Waals surface area contributed by atoms with Crippen LogP contribution in [0.1, 0.15) is 22.6 Å². The van der Waals surface area contributed by atoms with E-state index in [9.17, 15) is 0 Å². The van der Waals surface area contributed by atoms with Crippen LogP contribution in [0, 0.1) is 6.92 Å². The van der Waals surface area contributed by atoms with Crippen LogP contribution in [-0.4, -0.2) is 40.3 Å². The van der Waals surface area contributed by atoms with Crippen LogP contribution in [0.4, 0.5) is 5.13 Å². The van der Waals surface area contributed by atoms with Gasteiger partial charge in [-0.2, -0.15) is 0 Å². The van der Waals surface area contributed by atoms with E-state index < -0.39 is 0 Å². The van der Waals surface area contributed by atoms with Crippen LogP contribution in [0.5, 0.6) is 0 Å². The molecule has 0 aromatic carbocycles. The largest absolute Gasteiger partial charge is 0.342 e. The molecule has 0 spiro atoms. The van der Waals surface area contributed by atoms with E-state index in [0.717, 1.165) is 18.2 Å². The third-order valence-corrected chi connectivity index (χ3v) is 6.15. The summed E-state index contributed by atoms with van der Waals surface area (Å²) in [6.45, 7) is 5.64. The van der Waals surface area contributed by atoms with Crippen LogP contribution < -0.4 is 4.90 Å². The Morgan fingerprint density at radius 2 is 2.15 bits per heavy atom. The summed E-state index contributed by atoms with van der Waals surface area (Å²) in [5.74, 6) is 0. The zero-order chi connectivity index (χ0) is 13.5. The normalized spacial score (nSPS) is 26.4. The highest BCUT2D eigenvalue weighted by molar-refractivity contribution is 7.13. The fourth-order valence-corrected chi connectivity index (χ4v) is 5.13. The highest BCUT2D eigenvalue weighted by Crippen LogP contribution is 2.36. The van der Waals surface area contributed by atoms with Gasteiger partial charge in [-0.1, -0.05) is 11.3 Å². The molecule has 6 heteroatoms. The first-order chi connectivity index (χ1) is 9.81. The Hall–Kier alpha value is -0.980. The number of nitrogens with zero attached hydrogens (tertiary/aromatic N) is 4. The van der Waals surface area contributed by atoms with Gasteiger partial charge in [-0.15, -0.1) is 21.5 Å². The van der Waals surface area contributed by atoms with Crippen LogP contribution in [0.3, 0.4) is 0 Å². The molecule has 0 unspecified atom stereocenters. The van der Waals surface area contributed by atoms with Crippen molar-refractivity contribution in [3.05, 3.63) is 27.4 Å². The Balaban J connectivity index is 1.48. The van der Waals surface area contributed by atoms with Crippen LogP contribution in [-0.2, 0) is 6.54 Å². The molecule has 2 aliphatic heterocycles. The molecule has 4 nitrogen and oxygen atoms in total. The predicted molar refractivity (Wildman–Crippen MR) is 83.5 cm³/mol. The van der Waals surface area contributed by atoms with E-state index in [1.165, 1.54) is 29.1 Å². The number of thiophene rings is 1. The third kappa shape index (κ3) is 2.16. The first-order valence-corrected chi connectivity index (χ1v) is 8.83. The minimum atomic E-state index is 0.643. The minimum absolute atomic E-state index is 0.643. The maximum Gasteiger partial charge on any atom is 0.208 e. The number of likely N-dealkylation sites (tertiary alicyclic amines) is 1. The molecule has 0 amide bonds. The molecule has 4 heterocycles. The van der Waals surface area contributed by atoms with Gasteiger partial charge in [0.15, 0.2) is 0 Å². The molecule has 2 aliphatic rings. The summed E-state index contributed by atoms with van der Waals surface area (Å²) in [4.78, 5) is 8.05. The number of aromatic nitrogens is 2. The molecule has 2 aromatic heterocycles. The van der Waals surface area contributed by atoms with E-state index in [-0.39, 0.29) is 0 Å². The highest BCUT2D eigenvalue weighted by atomic mass is 32.1. The topological polar surface area (TPSA) is 32.3 Å². The minimum Gasteiger partial charge on any atom is -0.342 e. The summed E-state index contributed by atoms with van der Waals surface area (Å²) in [6.07, 6.45) is 2.52. The van der Waals surface area contributed by atoms with Gasteiger partial charge in [-0.25, -0.2) is 0 Å². The summed E-state index contributed by atoms with van der Waals surface area (Å²) >= 11 is 3.60. The predicted octanol–water partition coefficient (Wildman–Crippen LogP) is 2.76. The van der Waals surface area contributed by atoms with Gasteiger partial charge >= 0.3 is 0 Å². The average molecular weight is 306 g/mol. The van der Waals surface area contributed by atoms with Gasteiger partial charge in [0, 0.05) is 41.5 Å². The van der Waals surface area contributed by atoms with Crippen molar-refractivity contribution >= 4 is 27.8 Å². The van der Waals surface area contributed by atoms with Crippen molar-refractivity contribution in [1.82, 2.24) is 15.1 Å². The van der Waals surface area contributed by atoms with E-state index in [1.54, 1.807) is 11.3 Å². The second-order valence-electron chi connectivity index (χ2n) is 5.61. The number of hydrogen-bond acceptors (Lipinski definition) is 6. The summed E-state index contributed by atoms with van der Waals surface area (Å²) in [5.41, 5.74) is 1.84. The smallest absolute Gasteiger partial charge is 0.208 e. The first kappa shape index (κ1) is 12.7. The van der Waals surface area contributed by atoms with E-state index in [1.807, 2.05) is 16.8 Å². The van der Waals surface area contributed by atoms with Crippen molar-refractivity contribution in [2.45, 2.75) is 38.4 Å². The summed E-state index contributed by atoms with van der Waals surface area (Å²) in [6, 6.07) is 5.85. The van der Waals surface area contributed by atoms with Crippen molar-refractivity contribution in [2.75, 3.05) is 18.0 Å². The quantitative estimate of drug-likeness (QED) is 0.873. The van der Waals surface area contributed by atoms with E-state index in [0.29, 0.717) is 12.1 Å². The van der Waals surface area contributed by atoms with Gasteiger partial charge in [0.1, 0.15) is 5.51 Å². The fraction of sp³-hybridized carbons (Fsp3) is 0.571. The Bertz CT molecular complexity index is 580. The Kier molecular flexibility index (Phi) is 3.24. The lowest BCUT2D eigenvalue weighted by atomic mass is 10.1. The monoisotopic (exact) mass is 306 g/mol. The third-order valence-electron chi connectivity index (χ3n) is 4.44. The zero-order valence-corrected chi connectivity index (χ0v) is 13.2. The maximum absolute atomic E-state index is 4.25. The standard InChI is InChI=1S/C14H18N4S2/c1-10-2-3-11(20-10)8-17-6-4-13-12(17)5-7-18(13)14-16-15-9-19-14/h2-3,9,12-13H,4-8H2,1H3/t12-,13+/m1/s1. The second kappa shape index (κ2) is 5.09. The lowest BCUT2D eigenvalue weighted by molar-refractivity contribution is 0.248. The number of hydrogen-bond donors (Lipinski definition) is 0. The molecule has 4 rings (SSSR count). The van der Waals surface area contributed by atoms with Crippen LogP contribution in [0.2, 0.25) is 0 Å². The molecule has 0 aliphatic carbocycles. The Labute approximate surface area is 127 Å². The van der Waals surface area contributed by atoms with Gasteiger partial charge < -0.3 is 4.90 Å². The Morgan fingerprint density at radius 1 is 1.25 bits per heavy atom. The summed E-state index contributed by atoms with van der Waals surface area (Å²) in [5, 5.41) is 9.34. The number of rotatable bonds is 3. The van der Waals surface area contributed by atoms with Gasteiger partial charge in [0.2, 0.25) is 5.13 Å². The van der Waals surface area contributed by atoms with E-state index in [4.69, 9.17) is 0 Å². The summed E-state index contributed by atoms with van der Waals surface area (Å²) < 4.78 is 0. The van der Waals surface area contributed by atoms with Crippen LogP contribution in [0.25, 0.3) is 0 Å². The van der Waals surface area contributed by atoms with Gasteiger partial charge in [-0.3, -0.25) is 4.90 Å². The molecular weight excluding hydrogens is 288 g/mol. The molecule has 2 aromatic rings. The molecule has 0 saturated carbocycles. The van der Waals surface area contributed by atoms with Crippen LogP contribution >= 0.6 is 22.7 Å². The van der Waals surface area contributed by atoms with Crippen molar-refractivity contribution in [2.24, 2.45) is 0 Å². The zero-order valence-electron chi connectivity index (χ0n) is 11.5. The van der Waals surface area contributed by atoms with Crippen molar-refractivity contribution in [3.63, 3.8) is 0 Å². The van der Waals surface area contributed by atoms with Gasteiger partial charge in [-0.05, 0) is 31.9 Å². The molecule has 0 radical (unpaired) electrons. The van der Waals surface area contributed by atoms with E-state index in [2.05, 4.69) is 39.1 Å². The molecule has 2 atom stereocenters. The van der Waals surface area contributed by atoms with Gasteiger partial charge in [0.25, 0.3) is 0 Å². The van der Waals surface area contributed by atoms with Crippen molar-refractivity contribution < 1.29 is 0 Å². The second-order valence-corrected chi connectivity index (χ2v) is 7.79. The Morgan fingerprint density at radius 3 is 2.90 bits per heavy atom. The maximum atomic E-state index is 4.25. The van der Waals surface area contributed by atoms with E-state index >= 15 is 0 Å². The van der Waals surface area contributed by atoms with Crippen molar-refractivity contribution in [3.8, 4) is 0 Å². The molecule has 2 fully saturated rings. The lowest BCUT2D eigenvalue weighted by Crippen LogP contribution is -2.36. The van der Waals surface area contributed by atoms with Crippen molar-refractivity contribution in [1.29, 1.82) is 0 Å². The highest BCUT2D eigenvalue weighted by Gasteiger charge is 2.43. The summed E-state index contributed by atoms with van der Waals surface area (Å²) in [7, 11) is 0. The number of aryl methyl sites for hydroxylation is 1. The molecule has 106 valence electrons. The molecule has 2 saturated heterocycles. The fourth-order valence-electron chi connectivity index (χ4n) is 3.57. The lowest BCUT2D eigenvalue weighted by Gasteiger charge is -2.24. The SMILES string of the molecule is Cc1ccc(CN2CC[C@H]3[C@H]2CCN3c2nncs2)s1. The molecule has 0 bridgehead atoms.